The second kappa shape index (κ2) is 8.42. The molecule has 0 bridgehead atoms. The summed E-state index contributed by atoms with van der Waals surface area (Å²) in [5, 5.41) is 22.3. The van der Waals surface area contributed by atoms with Gasteiger partial charge in [0.1, 0.15) is 11.6 Å². The van der Waals surface area contributed by atoms with E-state index < -0.39 is 49.5 Å². The van der Waals surface area contributed by atoms with Gasteiger partial charge in [-0.05, 0) is 13.0 Å². The SMILES string of the molecule is COc1nc(C)nc(NC(=O)NS(=O)(=O)Cc2c(C(=O)O)cccc2[N+](=O)[O-])n1. The van der Waals surface area contributed by atoms with Crippen molar-refractivity contribution in [2.45, 2.75) is 12.7 Å². The van der Waals surface area contributed by atoms with E-state index in [9.17, 15) is 28.1 Å². The molecule has 0 aliphatic heterocycles. The second-order valence-corrected chi connectivity index (χ2v) is 7.10. The summed E-state index contributed by atoms with van der Waals surface area (Å²) >= 11 is 0. The molecule has 0 unspecified atom stereocenters. The molecule has 0 saturated heterocycles. The Morgan fingerprint density at radius 2 is 1.97 bits per heavy atom. The Morgan fingerprint density at radius 1 is 1.28 bits per heavy atom. The number of nitro benzene ring substituents is 1. The lowest BCUT2D eigenvalue weighted by molar-refractivity contribution is -0.385. The summed E-state index contributed by atoms with van der Waals surface area (Å²) in [5.74, 6) is -2.81. The predicted octanol–water partition coefficient (Wildman–Crippen LogP) is 0.447. The topological polar surface area (TPSA) is 204 Å². The highest BCUT2D eigenvalue weighted by Gasteiger charge is 2.27. The van der Waals surface area contributed by atoms with Crippen LogP contribution in [0.1, 0.15) is 21.7 Å². The average Bonchev–Trinajstić information content (AvgIpc) is 2.59. The second-order valence-electron chi connectivity index (χ2n) is 5.37. The lowest BCUT2D eigenvalue weighted by atomic mass is 10.1. The lowest BCUT2D eigenvalue weighted by Gasteiger charge is -2.10. The number of hydrogen-bond acceptors (Lipinski definition) is 10. The van der Waals surface area contributed by atoms with E-state index in [0.717, 1.165) is 18.2 Å². The number of carbonyl (C=O) groups excluding carboxylic acids is 1. The molecule has 1 heterocycles. The summed E-state index contributed by atoms with van der Waals surface area (Å²) in [5.41, 5.74) is -1.88. The predicted molar refractivity (Wildman–Crippen MR) is 95.9 cm³/mol. The van der Waals surface area contributed by atoms with Crippen LogP contribution in [0.4, 0.5) is 16.4 Å². The number of carboxylic acid groups (broad SMARTS) is 1. The van der Waals surface area contributed by atoms with Gasteiger partial charge < -0.3 is 9.84 Å². The number of methoxy groups -OCH3 is 1. The summed E-state index contributed by atoms with van der Waals surface area (Å²) in [6, 6.07) is 1.68. The molecule has 0 atom stereocenters. The standard InChI is InChI=1S/C14H14N6O8S/c1-7-15-12(18-14(16-7)28-2)17-13(23)19-29(26,27)6-9-8(11(21)22)4-3-5-10(9)20(24)25/h3-5H,6H2,1-2H3,(H,21,22)(H2,15,16,17,18,19,23). The van der Waals surface area contributed by atoms with E-state index in [0.29, 0.717) is 0 Å². The van der Waals surface area contributed by atoms with Gasteiger partial charge in [0, 0.05) is 6.07 Å². The molecule has 0 spiro atoms. The first-order valence-corrected chi connectivity index (χ1v) is 9.25. The van der Waals surface area contributed by atoms with Crippen LogP contribution in [0, 0.1) is 17.0 Å². The third kappa shape index (κ3) is 5.55. The van der Waals surface area contributed by atoms with Crippen LogP contribution in [0.15, 0.2) is 18.2 Å². The molecule has 1 aromatic carbocycles. The minimum Gasteiger partial charge on any atom is -0.478 e. The van der Waals surface area contributed by atoms with Crippen LogP contribution < -0.4 is 14.8 Å². The first kappa shape index (κ1) is 21.4. The normalized spacial score (nSPS) is 10.8. The largest absolute Gasteiger partial charge is 0.478 e. The summed E-state index contributed by atoms with van der Waals surface area (Å²) in [4.78, 5) is 44.7. The molecule has 0 fully saturated rings. The molecular formula is C14H14N6O8S. The summed E-state index contributed by atoms with van der Waals surface area (Å²) < 4.78 is 31.0. The number of hydrogen-bond donors (Lipinski definition) is 3. The number of nitrogens with one attached hydrogen (secondary N) is 2. The van der Waals surface area contributed by atoms with Gasteiger partial charge in [-0.25, -0.2) is 22.7 Å². The Balaban J connectivity index is 2.25. The monoisotopic (exact) mass is 426 g/mol. The van der Waals surface area contributed by atoms with E-state index in [1.807, 2.05) is 0 Å². The van der Waals surface area contributed by atoms with E-state index >= 15 is 0 Å². The first-order valence-electron chi connectivity index (χ1n) is 7.60. The van der Waals surface area contributed by atoms with Gasteiger partial charge in [0.2, 0.25) is 16.0 Å². The van der Waals surface area contributed by atoms with Crippen LogP contribution in [0.3, 0.4) is 0 Å². The fourth-order valence-electron chi connectivity index (χ4n) is 2.20. The maximum Gasteiger partial charge on any atom is 0.336 e. The Morgan fingerprint density at radius 3 is 2.55 bits per heavy atom. The Labute approximate surface area is 163 Å². The number of benzene rings is 1. The minimum absolute atomic E-state index is 0.123. The van der Waals surface area contributed by atoms with Gasteiger partial charge in [-0.2, -0.15) is 15.0 Å². The number of ether oxygens (including phenoxy) is 1. The lowest BCUT2D eigenvalue weighted by Crippen LogP contribution is -2.36. The highest BCUT2D eigenvalue weighted by molar-refractivity contribution is 7.89. The van der Waals surface area contributed by atoms with Gasteiger partial charge in [0.05, 0.1) is 23.2 Å². The fraction of sp³-hybridized carbons (Fsp3) is 0.214. The highest BCUT2D eigenvalue weighted by atomic mass is 32.2. The molecule has 2 aromatic rings. The molecule has 2 rings (SSSR count). The Bertz CT molecular complexity index is 1060. The van der Waals surface area contributed by atoms with Crippen LogP contribution in [0.5, 0.6) is 6.01 Å². The molecule has 0 saturated carbocycles. The summed E-state index contributed by atoms with van der Waals surface area (Å²) in [7, 11) is -3.25. The average molecular weight is 426 g/mol. The van der Waals surface area contributed by atoms with Gasteiger partial charge >= 0.3 is 18.0 Å². The molecule has 0 aliphatic rings. The molecule has 0 radical (unpaired) electrons. The van der Waals surface area contributed by atoms with Crippen molar-refractivity contribution in [3.63, 3.8) is 0 Å². The minimum atomic E-state index is -4.52. The number of aryl methyl sites for hydroxylation is 1. The fourth-order valence-corrected chi connectivity index (χ4v) is 3.29. The van der Waals surface area contributed by atoms with Crippen molar-refractivity contribution in [2.24, 2.45) is 0 Å². The highest BCUT2D eigenvalue weighted by Crippen LogP contribution is 2.24. The van der Waals surface area contributed by atoms with E-state index in [1.165, 1.54) is 14.0 Å². The van der Waals surface area contributed by atoms with Crippen molar-refractivity contribution in [1.82, 2.24) is 19.7 Å². The number of anilines is 1. The zero-order valence-electron chi connectivity index (χ0n) is 14.9. The van der Waals surface area contributed by atoms with Crippen LogP contribution in [0.2, 0.25) is 0 Å². The van der Waals surface area contributed by atoms with Crippen molar-refractivity contribution in [3.05, 3.63) is 45.3 Å². The molecule has 154 valence electrons. The molecule has 1 aromatic heterocycles. The van der Waals surface area contributed by atoms with Gasteiger partial charge in [-0.15, -0.1) is 0 Å². The van der Waals surface area contributed by atoms with Crippen LogP contribution >= 0.6 is 0 Å². The van der Waals surface area contributed by atoms with Gasteiger partial charge in [0.15, 0.2) is 0 Å². The van der Waals surface area contributed by atoms with Crippen LogP contribution in [0.25, 0.3) is 0 Å². The van der Waals surface area contributed by atoms with Gasteiger partial charge in [-0.1, -0.05) is 6.07 Å². The van der Waals surface area contributed by atoms with E-state index in [1.54, 1.807) is 4.72 Å². The zero-order chi connectivity index (χ0) is 21.8. The third-order valence-electron chi connectivity index (χ3n) is 3.30. The number of sulfonamides is 1. The molecule has 0 aliphatic carbocycles. The zero-order valence-corrected chi connectivity index (χ0v) is 15.8. The number of carboxylic acids is 1. The number of rotatable bonds is 7. The number of aromatic carboxylic acids is 1. The quantitative estimate of drug-likeness (QED) is 0.409. The molecule has 2 amide bonds. The molecule has 14 nitrogen and oxygen atoms in total. The number of aromatic nitrogens is 3. The van der Waals surface area contributed by atoms with E-state index in [4.69, 9.17) is 9.84 Å². The van der Waals surface area contributed by atoms with Crippen LogP contribution in [-0.4, -0.2) is 52.5 Å². The summed E-state index contributed by atoms with van der Waals surface area (Å²) in [6.07, 6.45) is 0. The number of nitro groups is 1. The Hall–Kier alpha value is -3.88. The Kier molecular flexibility index (Phi) is 6.22. The van der Waals surface area contributed by atoms with Crippen molar-refractivity contribution in [3.8, 4) is 6.01 Å². The number of carbonyl (C=O) groups is 2. The molecule has 29 heavy (non-hydrogen) atoms. The van der Waals surface area contributed by atoms with E-state index in [-0.39, 0.29) is 17.8 Å². The van der Waals surface area contributed by atoms with Gasteiger partial charge in [-0.3, -0.25) is 15.4 Å². The van der Waals surface area contributed by atoms with Crippen LogP contribution in [-0.2, 0) is 15.8 Å². The molecule has 3 N–H and O–H groups in total. The molecule has 15 heteroatoms. The summed E-state index contributed by atoms with van der Waals surface area (Å²) in [6.45, 7) is 1.48. The van der Waals surface area contributed by atoms with Crippen molar-refractivity contribution in [1.29, 1.82) is 0 Å². The maximum absolute atomic E-state index is 12.3. The molecular weight excluding hydrogens is 412 g/mol. The first-order chi connectivity index (χ1) is 13.5. The number of urea groups is 1. The smallest absolute Gasteiger partial charge is 0.336 e. The van der Waals surface area contributed by atoms with Crippen molar-refractivity contribution >= 4 is 33.7 Å². The van der Waals surface area contributed by atoms with Gasteiger partial charge in [0.25, 0.3) is 5.69 Å². The van der Waals surface area contributed by atoms with Crippen molar-refractivity contribution in [2.75, 3.05) is 12.4 Å². The maximum atomic E-state index is 12.3. The number of nitrogens with zero attached hydrogens (tertiary/aromatic N) is 4. The third-order valence-corrected chi connectivity index (χ3v) is 4.46. The van der Waals surface area contributed by atoms with Crippen molar-refractivity contribution < 1.29 is 32.8 Å². The number of amides is 2. The van der Waals surface area contributed by atoms with E-state index in [2.05, 4.69) is 20.3 Å².